The Hall–Kier alpha value is -0.860. The Kier molecular flexibility index (Phi) is 3.12. The highest BCUT2D eigenvalue weighted by Gasteiger charge is 2.48. The van der Waals surface area contributed by atoms with Crippen molar-refractivity contribution in [2.75, 3.05) is 6.54 Å². The maximum absolute atomic E-state index is 9.98. The Morgan fingerprint density at radius 3 is 2.30 bits per heavy atom. The highest BCUT2D eigenvalue weighted by Crippen LogP contribution is 2.59. The average Bonchev–Trinajstić information content (AvgIpc) is 2.45. The molecule has 20 heavy (non-hydrogen) atoms. The number of aliphatic hydroxyl groups is 1. The lowest BCUT2D eigenvalue weighted by Crippen LogP contribution is -2.43. The van der Waals surface area contributed by atoms with E-state index in [4.69, 9.17) is 5.73 Å². The predicted octanol–water partition coefficient (Wildman–Crippen LogP) is 3.22. The molecular formula is C18H25NO. The Morgan fingerprint density at radius 2 is 1.70 bits per heavy atom. The van der Waals surface area contributed by atoms with E-state index in [0.717, 1.165) is 35.2 Å². The second-order valence-electron chi connectivity index (χ2n) is 7.38. The summed E-state index contributed by atoms with van der Waals surface area (Å²) in [5, 5.41) is 9.98. The van der Waals surface area contributed by atoms with Crippen LogP contribution in [-0.2, 0) is 0 Å². The fourth-order valence-corrected chi connectivity index (χ4v) is 5.58. The molecule has 5 rings (SSSR count). The van der Waals surface area contributed by atoms with Crippen molar-refractivity contribution < 1.29 is 5.11 Å². The van der Waals surface area contributed by atoms with E-state index < -0.39 is 6.10 Å². The summed E-state index contributed by atoms with van der Waals surface area (Å²) in [6.07, 6.45) is 6.78. The van der Waals surface area contributed by atoms with Crippen LogP contribution in [0.1, 0.15) is 55.3 Å². The predicted molar refractivity (Wildman–Crippen MR) is 80.2 cm³/mol. The first-order chi connectivity index (χ1) is 9.74. The maximum Gasteiger partial charge on any atom is 0.0912 e. The first-order valence-corrected chi connectivity index (χ1v) is 8.22. The molecular weight excluding hydrogens is 246 g/mol. The zero-order valence-corrected chi connectivity index (χ0v) is 12.0. The molecule has 1 aromatic rings. The number of benzene rings is 1. The normalized spacial score (nSPS) is 40.0. The molecule has 2 nitrogen and oxygen atoms in total. The molecule has 0 aliphatic heterocycles. The third kappa shape index (κ3) is 2.01. The molecule has 4 bridgehead atoms. The molecule has 0 amide bonds. The van der Waals surface area contributed by atoms with Gasteiger partial charge in [-0.1, -0.05) is 24.3 Å². The molecule has 1 aromatic carbocycles. The second kappa shape index (κ2) is 4.85. The van der Waals surface area contributed by atoms with Crippen molar-refractivity contribution in [2.45, 2.75) is 44.1 Å². The Morgan fingerprint density at radius 1 is 1.05 bits per heavy atom. The van der Waals surface area contributed by atoms with Gasteiger partial charge in [0, 0.05) is 6.54 Å². The molecule has 108 valence electrons. The largest absolute Gasteiger partial charge is 0.387 e. The van der Waals surface area contributed by atoms with Gasteiger partial charge >= 0.3 is 0 Å². The quantitative estimate of drug-likeness (QED) is 0.886. The fraction of sp³-hybridized carbons (Fsp3) is 0.667. The van der Waals surface area contributed by atoms with E-state index in [9.17, 15) is 5.11 Å². The van der Waals surface area contributed by atoms with Crippen LogP contribution in [0.5, 0.6) is 0 Å². The highest BCUT2D eigenvalue weighted by atomic mass is 16.3. The lowest BCUT2D eigenvalue weighted by molar-refractivity contribution is -0.00285. The van der Waals surface area contributed by atoms with Gasteiger partial charge in [-0.3, -0.25) is 0 Å². The third-order valence-corrected chi connectivity index (χ3v) is 6.13. The van der Waals surface area contributed by atoms with Crippen LogP contribution >= 0.6 is 0 Å². The lowest BCUT2D eigenvalue weighted by atomic mass is 9.50. The molecule has 1 atom stereocenters. The van der Waals surface area contributed by atoms with Crippen molar-refractivity contribution in [1.82, 2.24) is 0 Å². The molecule has 2 heteroatoms. The van der Waals surface area contributed by atoms with Gasteiger partial charge < -0.3 is 10.8 Å². The smallest absolute Gasteiger partial charge is 0.0912 e. The molecule has 4 saturated carbocycles. The molecule has 0 heterocycles. The summed E-state index contributed by atoms with van der Waals surface area (Å²) >= 11 is 0. The van der Waals surface area contributed by atoms with Gasteiger partial charge in [0.2, 0.25) is 0 Å². The van der Waals surface area contributed by atoms with E-state index in [1.54, 1.807) is 0 Å². The van der Waals surface area contributed by atoms with Crippen LogP contribution in [-0.4, -0.2) is 11.7 Å². The van der Waals surface area contributed by atoms with Crippen LogP contribution in [0.25, 0.3) is 0 Å². The van der Waals surface area contributed by atoms with Gasteiger partial charge in [0.05, 0.1) is 6.10 Å². The van der Waals surface area contributed by atoms with E-state index in [-0.39, 0.29) is 0 Å². The summed E-state index contributed by atoms with van der Waals surface area (Å²) in [6.45, 7) is 0.311. The summed E-state index contributed by atoms with van der Waals surface area (Å²) in [4.78, 5) is 0. The molecule has 0 aromatic heterocycles. The first-order valence-electron chi connectivity index (χ1n) is 8.22. The highest BCUT2D eigenvalue weighted by molar-refractivity contribution is 5.30. The van der Waals surface area contributed by atoms with Crippen LogP contribution in [0.15, 0.2) is 24.3 Å². The van der Waals surface area contributed by atoms with Crippen molar-refractivity contribution in [3.8, 4) is 0 Å². The summed E-state index contributed by atoms with van der Waals surface area (Å²) in [5.41, 5.74) is 8.06. The van der Waals surface area contributed by atoms with Crippen molar-refractivity contribution >= 4 is 0 Å². The minimum Gasteiger partial charge on any atom is -0.387 e. The fourth-order valence-electron chi connectivity index (χ4n) is 5.58. The monoisotopic (exact) mass is 271 g/mol. The van der Waals surface area contributed by atoms with E-state index in [1.807, 2.05) is 6.07 Å². The molecule has 3 N–H and O–H groups in total. The van der Waals surface area contributed by atoms with Gasteiger partial charge in [-0.25, -0.2) is 0 Å². The van der Waals surface area contributed by atoms with Crippen molar-refractivity contribution in [2.24, 2.45) is 29.4 Å². The molecule has 0 spiro atoms. The molecule has 0 saturated heterocycles. The van der Waals surface area contributed by atoms with E-state index >= 15 is 0 Å². The topological polar surface area (TPSA) is 46.2 Å². The van der Waals surface area contributed by atoms with E-state index in [2.05, 4.69) is 18.2 Å². The Balaban J connectivity index is 1.64. The minimum atomic E-state index is -0.508. The van der Waals surface area contributed by atoms with Crippen molar-refractivity contribution in [3.05, 3.63) is 35.4 Å². The summed E-state index contributed by atoms with van der Waals surface area (Å²) in [6, 6.07) is 8.62. The molecule has 4 aliphatic rings. The zero-order valence-electron chi connectivity index (χ0n) is 12.0. The Labute approximate surface area is 121 Å². The summed E-state index contributed by atoms with van der Waals surface area (Å²) in [5.74, 6) is 4.58. The van der Waals surface area contributed by atoms with Gasteiger partial charge in [-0.05, 0) is 72.8 Å². The third-order valence-electron chi connectivity index (χ3n) is 6.13. The minimum absolute atomic E-state index is 0.311. The standard InChI is InChI=1S/C18H25NO/c19-10-17(20)13-2-1-3-14(9-13)18-15-5-11-4-12(7-15)8-16(18)6-11/h1-3,9,11-12,15-18,20H,4-8,10,19H2. The average molecular weight is 271 g/mol. The van der Waals surface area contributed by atoms with Crippen LogP contribution in [0.3, 0.4) is 0 Å². The lowest BCUT2D eigenvalue weighted by Gasteiger charge is -2.54. The molecule has 4 aliphatic carbocycles. The molecule has 1 unspecified atom stereocenters. The second-order valence-corrected chi connectivity index (χ2v) is 7.38. The van der Waals surface area contributed by atoms with Crippen LogP contribution in [0.4, 0.5) is 0 Å². The van der Waals surface area contributed by atoms with E-state index in [0.29, 0.717) is 6.54 Å². The molecule has 4 fully saturated rings. The number of hydrogen-bond donors (Lipinski definition) is 2. The number of rotatable bonds is 3. The summed E-state index contributed by atoms with van der Waals surface area (Å²) in [7, 11) is 0. The van der Waals surface area contributed by atoms with Crippen molar-refractivity contribution in [1.29, 1.82) is 0 Å². The number of aliphatic hydroxyl groups excluding tert-OH is 1. The van der Waals surface area contributed by atoms with Gasteiger partial charge in [0.1, 0.15) is 0 Å². The van der Waals surface area contributed by atoms with Gasteiger partial charge in [0.25, 0.3) is 0 Å². The number of hydrogen-bond acceptors (Lipinski definition) is 2. The van der Waals surface area contributed by atoms with Crippen LogP contribution in [0, 0.1) is 23.7 Å². The van der Waals surface area contributed by atoms with Gasteiger partial charge in [-0.2, -0.15) is 0 Å². The zero-order chi connectivity index (χ0) is 13.7. The SMILES string of the molecule is NCC(O)c1cccc(C2C3CC4CC(C3)CC2C4)c1. The van der Waals surface area contributed by atoms with Gasteiger partial charge in [-0.15, -0.1) is 0 Å². The van der Waals surface area contributed by atoms with Crippen molar-refractivity contribution in [3.63, 3.8) is 0 Å². The molecule has 0 radical (unpaired) electrons. The van der Waals surface area contributed by atoms with Gasteiger partial charge in [0.15, 0.2) is 0 Å². The van der Waals surface area contributed by atoms with E-state index in [1.165, 1.54) is 37.7 Å². The summed E-state index contributed by atoms with van der Waals surface area (Å²) < 4.78 is 0. The maximum atomic E-state index is 9.98. The number of nitrogens with two attached hydrogens (primary N) is 1. The van der Waals surface area contributed by atoms with Crippen LogP contribution in [0.2, 0.25) is 0 Å². The first kappa shape index (κ1) is 12.8. The Bertz CT molecular complexity index is 470. The van der Waals surface area contributed by atoms with Crippen LogP contribution < -0.4 is 5.73 Å².